The minimum absolute atomic E-state index is 0.0222. The van der Waals surface area contributed by atoms with Crippen molar-refractivity contribution >= 4 is 28.7 Å². The van der Waals surface area contributed by atoms with Crippen molar-refractivity contribution in [1.29, 1.82) is 0 Å². The summed E-state index contributed by atoms with van der Waals surface area (Å²) in [6.45, 7) is 4.90. The summed E-state index contributed by atoms with van der Waals surface area (Å²) in [6.07, 6.45) is 0.536. The zero-order chi connectivity index (χ0) is 26.4. The molecule has 2 amide bonds. The molecule has 4 N–H and O–H groups in total. The van der Waals surface area contributed by atoms with Crippen molar-refractivity contribution in [3.05, 3.63) is 81.0 Å². The van der Waals surface area contributed by atoms with Gasteiger partial charge in [0.25, 0.3) is 5.56 Å². The number of carbonyl (C=O) groups excluding carboxylic acids is 2. The van der Waals surface area contributed by atoms with Crippen LogP contribution in [0.5, 0.6) is 0 Å². The summed E-state index contributed by atoms with van der Waals surface area (Å²) >= 11 is 0. The lowest BCUT2D eigenvalue weighted by Gasteiger charge is -2.27. The summed E-state index contributed by atoms with van der Waals surface area (Å²) in [5, 5.41) is 14.5. The molecule has 2 aromatic carbocycles. The number of carboxylic acids is 1. The van der Waals surface area contributed by atoms with E-state index in [1.807, 2.05) is 6.92 Å². The summed E-state index contributed by atoms with van der Waals surface area (Å²) < 4.78 is 0.871. The van der Waals surface area contributed by atoms with Crippen molar-refractivity contribution in [2.24, 2.45) is 5.92 Å². The highest BCUT2D eigenvalue weighted by Gasteiger charge is 2.32. The van der Waals surface area contributed by atoms with E-state index >= 15 is 0 Å². The van der Waals surface area contributed by atoms with Crippen molar-refractivity contribution in [3.63, 3.8) is 0 Å². The number of carboxylic acid groups (broad SMARTS) is 1. The maximum atomic E-state index is 13.6. The number of carbonyl (C=O) groups is 3. The van der Waals surface area contributed by atoms with Gasteiger partial charge in [-0.2, -0.15) is 0 Å². The fraction of sp³-hybridized carbons (Fsp3) is 0.346. The molecule has 1 unspecified atom stereocenters. The molecule has 36 heavy (non-hydrogen) atoms. The SMILES string of the molecule is CCC(C)[C@H](NC(=O)[C@H](Cc1ccccc1)n1c(=O)[nH]c2ccccc2c1=O)C(=O)N[C@H](C)C(=O)O. The Kier molecular flexibility index (Phi) is 8.42. The van der Waals surface area contributed by atoms with Gasteiger partial charge in [0.05, 0.1) is 10.9 Å². The largest absolute Gasteiger partial charge is 0.480 e. The van der Waals surface area contributed by atoms with E-state index in [9.17, 15) is 24.0 Å². The first kappa shape index (κ1) is 26.4. The molecule has 10 nitrogen and oxygen atoms in total. The highest BCUT2D eigenvalue weighted by atomic mass is 16.4. The molecule has 3 aromatic rings. The van der Waals surface area contributed by atoms with Crippen molar-refractivity contribution in [1.82, 2.24) is 20.2 Å². The van der Waals surface area contributed by atoms with Gasteiger partial charge in [-0.15, -0.1) is 0 Å². The maximum absolute atomic E-state index is 13.6. The Labute approximate surface area is 207 Å². The van der Waals surface area contributed by atoms with Gasteiger partial charge >= 0.3 is 11.7 Å². The lowest BCUT2D eigenvalue weighted by molar-refractivity contribution is -0.142. The number of hydrogen-bond donors (Lipinski definition) is 4. The topological polar surface area (TPSA) is 150 Å². The molecule has 0 aliphatic rings. The van der Waals surface area contributed by atoms with Crippen LogP contribution in [0.3, 0.4) is 0 Å². The Morgan fingerprint density at radius 2 is 1.58 bits per heavy atom. The van der Waals surface area contributed by atoms with Crippen LogP contribution in [0, 0.1) is 5.92 Å². The van der Waals surface area contributed by atoms with Gasteiger partial charge in [0, 0.05) is 6.42 Å². The molecule has 0 saturated heterocycles. The van der Waals surface area contributed by atoms with Crippen molar-refractivity contribution in [2.75, 3.05) is 0 Å². The third kappa shape index (κ3) is 5.88. The Morgan fingerprint density at radius 1 is 0.944 bits per heavy atom. The summed E-state index contributed by atoms with van der Waals surface area (Å²) in [4.78, 5) is 66.7. The van der Waals surface area contributed by atoms with Gasteiger partial charge in [0.15, 0.2) is 0 Å². The Hall–Kier alpha value is -4.21. The highest BCUT2D eigenvalue weighted by molar-refractivity contribution is 5.91. The van der Waals surface area contributed by atoms with Crippen molar-refractivity contribution in [2.45, 2.75) is 51.7 Å². The van der Waals surface area contributed by atoms with E-state index < -0.39 is 47.2 Å². The highest BCUT2D eigenvalue weighted by Crippen LogP contribution is 2.16. The number of fused-ring (bicyclic) bond motifs is 1. The number of nitrogens with zero attached hydrogens (tertiary/aromatic N) is 1. The van der Waals surface area contributed by atoms with Gasteiger partial charge in [0.1, 0.15) is 18.1 Å². The van der Waals surface area contributed by atoms with Gasteiger partial charge in [-0.1, -0.05) is 62.7 Å². The van der Waals surface area contributed by atoms with Crippen LogP contribution in [-0.2, 0) is 20.8 Å². The fourth-order valence-corrected chi connectivity index (χ4v) is 3.91. The summed E-state index contributed by atoms with van der Waals surface area (Å²) in [7, 11) is 0. The van der Waals surface area contributed by atoms with Crippen molar-refractivity contribution in [3.8, 4) is 0 Å². The molecule has 0 spiro atoms. The van der Waals surface area contributed by atoms with Gasteiger partial charge in [-0.3, -0.25) is 19.2 Å². The molecule has 3 rings (SSSR count). The van der Waals surface area contributed by atoms with E-state index in [0.717, 1.165) is 4.57 Å². The van der Waals surface area contributed by atoms with Crippen LogP contribution in [-0.4, -0.2) is 44.5 Å². The molecular formula is C26H30N4O6. The van der Waals surface area contributed by atoms with E-state index in [-0.39, 0.29) is 17.7 Å². The number of amides is 2. The van der Waals surface area contributed by atoms with Crippen LogP contribution in [0.1, 0.15) is 38.8 Å². The maximum Gasteiger partial charge on any atom is 0.329 e. The summed E-state index contributed by atoms with van der Waals surface area (Å²) in [6, 6.07) is 11.9. The molecule has 0 saturated carbocycles. The molecule has 0 radical (unpaired) electrons. The van der Waals surface area contributed by atoms with Crippen LogP contribution in [0.2, 0.25) is 0 Å². The minimum atomic E-state index is -1.26. The Bertz CT molecular complexity index is 1360. The molecule has 0 aliphatic carbocycles. The third-order valence-corrected chi connectivity index (χ3v) is 6.25. The second kappa shape index (κ2) is 11.5. The average Bonchev–Trinajstić information content (AvgIpc) is 2.86. The standard InChI is InChI=1S/C26H30N4O6/c1-4-15(2)21(23(32)27-16(3)25(34)35)29-22(31)20(14-17-10-6-5-7-11-17)30-24(33)18-12-8-9-13-19(18)28-26(30)36/h5-13,15-16,20-21H,4,14H2,1-3H3,(H,27,32)(H,28,36)(H,29,31)(H,34,35)/t15?,16-,20+,21+/m1/s1. The number of hydrogen-bond acceptors (Lipinski definition) is 5. The summed E-state index contributed by atoms with van der Waals surface area (Å²) in [5.74, 6) is -2.93. The number of benzene rings is 2. The van der Waals surface area contributed by atoms with Crippen LogP contribution in [0.15, 0.2) is 64.2 Å². The number of para-hydroxylation sites is 1. The summed E-state index contributed by atoms with van der Waals surface area (Å²) in [5.41, 5.74) is -0.323. The Morgan fingerprint density at radius 3 is 2.22 bits per heavy atom. The van der Waals surface area contributed by atoms with Crippen LogP contribution in [0.25, 0.3) is 10.9 Å². The number of aromatic nitrogens is 2. The lowest BCUT2D eigenvalue weighted by atomic mass is 9.96. The number of nitrogens with one attached hydrogen (secondary N) is 3. The van der Waals surface area contributed by atoms with E-state index in [0.29, 0.717) is 17.5 Å². The molecule has 4 atom stereocenters. The lowest BCUT2D eigenvalue weighted by Crippen LogP contribution is -2.56. The zero-order valence-electron chi connectivity index (χ0n) is 20.4. The number of aliphatic carboxylic acids is 1. The fourth-order valence-electron chi connectivity index (χ4n) is 3.91. The first-order chi connectivity index (χ1) is 17.1. The number of aromatic amines is 1. The zero-order valence-corrected chi connectivity index (χ0v) is 20.4. The number of rotatable bonds is 10. The first-order valence-electron chi connectivity index (χ1n) is 11.7. The molecule has 0 aliphatic heterocycles. The molecule has 10 heteroatoms. The predicted molar refractivity (Wildman–Crippen MR) is 135 cm³/mol. The smallest absolute Gasteiger partial charge is 0.329 e. The number of H-pyrrole nitrogens is 1. The quantitative estimate of drug-likeness (QED) is 0.336. The second-order valence-electron chi connectivity index (χ2n) is 8.80. The van der Waals surface area contributed by atoms with E-state index in [1.165, 1.54) is 6.92 Å². The molecule has 0 bridgehead atoms. The average molecular weight is 495 g/mol. The second-order valence-corrected chi connectivity index (χ2v) is 8.80. The van der Waals surface area contributed by atoms with Gasteiger partial charge in [-0.05, 0) is 30.5 Å². The predicted octanol–water partition coefficient (Wildman–Crippen LogP) is 1.59. The Balaban J connectivity index is 2.05. The van der Waals surface area contributed by atoms with Gasteiger partial charge in [0.2, 0.25) is 11.8 Å². The molecule has 0 fully saturated rings. The van der Waals surface area contributed by atoms with Gasteiger partial charge in [-0.25, -0.2) is 9.36 Å². The molecular weight excluding hydrogens is 464 g/mol. The monoisotopic (exact) mass is 494 g/mol. The normalized spacial score (nSPS) is 14.4. The van der Waals surface area contributed by atoms with Crippen LogP contribution in [0.4, 0.5) is 0 Å². The van der Waals surface area contributed by atoms with E-state index in [4.69, 9.17) is 5.11 Å². The first-order valence-corrected chi connectivity index (χ1v) is 11.7. The molecule has 1 aromatic heterocycles. The van der Waals surface area contributed by atoms with E-state index in [1.54, 1.807) is 61.5 Å². The van der Waals surface area contributed by atoms with Crippen molar-refractivity contribution < 1.29 is 19.5 Å². The molecule has 1 heterocycles. The minimum Gasteiger partial charge on any atom is -0.480 e. The van der Waals surface area contributed by atoms with Gasteiger partial charge < -0.3 is 20.7 Å². The van der Waals surface area contributed by atoms with Crippen LogP contribution >= 0.6 is 0 Å². The van der Waals surface area contributed by atoms with Crippen LogP contribution < -0.4 is 21.9 Å². The third-order valence-electron chi connectivity index (χ3n) is 6.25. The van der Waals surface area contributed by atoms with E-state index in [2.05, 4.69) is 15.6 Å². The molecule has 190 valence electrons.